The van der Waals surface area contributed by atoms with Crippen LogP contribution in [0.4, 0.5) is 0 Å². The van der Waals surface area contributed by atoms with E-state index in [1.54, 1.807) is 0 Å². The maximum atomic E-state index is 10.4. The molecule has 0 aliphatic carbocycles. The third-order valence-corrected chi connectivity index (χ3v) is 2.81. The van der Waals surface area contributed by atoms with E-state index in [2.05, 4.69) is 0 Å². The van der Waals surface area contributed by atoms with Gasteiger partial charge in [-0.05, 0) is 0 Å². The van der Waals surface area contributed by atoms with E-state index in [4.69, 9.17) is 0 Å². The zero-order valence-corrected chi connectivity index (χ0v) is 5.68. The first-order valence-electron chi connectivity index (χ1n) is 2.10. The maximum absolute atomic E-state index is 10.4. The van der Waals surface area contributed by atoms with Gasteiger partial charge in [-0.2, -0.15) is 0 Å². The number of hydrogen-bond donors (Lipinski definition) is 0. The van der Waals surface area contributed by atoms with Gasteiger partial charge in [-0.3, -0.25) is 9.59 Å². The first kappa shape index (κ1) is 6.16. The summed E-state index contributed by atoms with van der Waals surface area (Å²) < 4.78 is 0. The average Bonchev–Trinajstić information content (AvgIpc) is 1.77. The van der Waals surface area contributed by atoms with E-state index in [1.165, 1.54) is 0 Å². The maximum Gasteiger partial charge on any atom is 0.199 e. The van der Waals surface area contributed by atoms with E-state index in [0.717, 1.165) is 23.5 Å². The summed E-state index contributed by atoms with van der Waals surface area (Å²) in [5.41, 5.74) is 0. The highest BCUT2D eigenvalue weighted by Crippen LogP contribution is 2.18. The van der Waals surface area contributed by atoms with Crippen molar-refractivity contribution in [2.75, 3.05) is 11.5 Å². The minimum atomic E-state index is 0.120. The minimum absolute atomic E-state index is 0.120. The van der Waals surface area contributed by atoms with Crippen LogP contribution >= 0.6 is 23.5 Å². The highest BCUT2D eigenvalue weighted by atomic mass is 32.2. The summed E-state index contributed by atoms with van der Waals surface area (Å²) in [6, 6.07) is 0. The van der Waals surface area contributed by atoms with Crippen LogP contribution in [0.1, 0.15) is 0 Å². The van der Waals surface area contributed by atoms with E-state index < -0.39 is 0 Å². The first-order valence-corrected chi connectivity index (χ1v) is 4.07. The molecule has 8 heavy (non-hydrogen) atoms. The Morgan fingerprint density at radius 1 is 1.00 bits per heavy atom. The van der Waals surface area contributed by atoms with Crippen molar-refractivity contribution < 1.29 is 9.59 Å². The fraction of sp³-hybridized carbons (Fsp3) is 0.500. The molecular weight excluding hydrogens is 144 g/mol. The van der Waals surface area contributed by atoms with Gasteiger partial charge >= 0.3 is 0 Å². The van der Waals surface area contributed by atoms with Crippen LogP contribution in [0.15, 0.2) is 0 Å². The van der Waals surface area contributed by atoms with Crippen LogP contribution in [0.3, 0.4) is 0 Å². The summed E-state index contributed by atoms with van der Waals surface area (Å²) in [6.45, 7) is 0. The van der Waals surface area contributed by atoms with E-state index in [1.807, 2.05) is 0 Å². The van der Waals surface area contributed by atoms with E-state index in [0.29, 0.717) is 11.5 Å². The standard InChI is InChI=1S/C4H4O2S2/c5-3-1-7-4(6)2-8-3/h1-2H2. The van der Waals surface area contributed by atoms with Crippen molar-refractivity contribution in [1.82, 2.24) is 0 Å². The molecule has 0 aromatic heterocycles. The Kier molecular flexibility index (Phi) is 1.96. The molecule has 0 amide bonds. The Bertz CT molecular complexity index is 104. The van der Waals surface area contributed by atoms with Gasteiger partial charge in [0.05, 0.1) is 11.5 Å². The Hall–Kier alpha value is 0.0400. The highest BCUT2D eigenvalue weighted by Gasteiger charge is 2.15. The molecule has 0 atom stereocenters. The zero-order chi connectivity index (χ0) is 5.98. The molecule has 0 unspecified atom stereocenters. The molecule has 1 aliphatic rings. The molecule has 4 heteroatoms. The average molecular weight is 148 g/mol. The Morgan fingerprint density at radius 2 is 1.38 bits per heavy atom. The van der Waals surface area contributed by atoms with Gasteiger partial charge in [0.25, 0.3) is 0 Å². The quantitative estimate of drug-likeness (QED) is 0.501. The fourth-order valence-electron chi connectivity index (χ4n) is 0.362. The summed E-state index contributed by atoms with van der Waals surface area (Å²) in [4.78, 5) is 20.8. The molecule has 0 bridgehead atoms. The van der Waals surface area contributed by atoms with Gasteiger partial charge in [-0.1, -0.05) is 23.5 Å². The van der Waals surface area contributed by atoms with Crippen molar-refractivity contribution in [3.05, 3.63) is 0 Å². The highest BCUT2D eigenvalue weighted by molar-refractivity contribution is 8.24. The van der Waals surface area contributed by atoms with Crippen molar-refractivity contribution in [3.8, 4) is 0 Å². The van der Waals surface area contributed by atoms with Crippen LogP contribution in [-0.2, 0) is 9.59 Å². The summed E-state index contributed by atoms with van der Waals surface area (Å²) in [6.07, 6.45) is 0. The summed E-state index contributed by atoms with van der Waals surface area (Å²) >= 11 is 2.23. The number of carbonyl (C=O) groups excluding carboxylic acids is 2. The lowest BCUT2D eigenvalue weighted by atomic mass is 10.9. The van der Waals surface area contributed by atoms with Crippen LogP contribution in [0.25, 0.3) is 0 Å². The van der Waals surface area contributed by atoms with Crippen molar-refractivity contribution in [3.63, 3.8) is 0 Å². The van der Waals surface area contributed by atoms with Crippen LogP contribution in [0, 0.1) is 0 Å². The lowest BCUT2D eigenvalue weighted by Gasteiger charge is -2.03. The molecule has 1 fully saturated rings. The van der Waals surface area contributed by atoms with E-state index >= 15 is 0 Å². The van der Waals surface area contributed by atoms with Crippen LogP contribution < -0.4 is 0 Å². The lowest BCUT2D eigenvalue weighted by molar-refractivity contribution is -0.111. The third-order valence-electron chi connectivity index (χ3n) is 0.702. The molecule has 0 spiro atoms. The van der Waals surface area contributed by atoms with Gasteiger partial charge in [-0.25, -0.2) is 0 Å². The molecule has 1 aliphatic heterocycles. The van der Waals surface area contributed by atoms with Gasteiger partial charge in [0, 0.05) is 0 Å². The molecule has 0 N–H and O–H groups in total. The van der Waals surface area contributed by atoms with Crippen molar-refractivity contribution in [1.29, 1.82) is 0 Å². The smallest absolute Gasteiger partial charge is 0.199 e. The lowest BCUT2D eigenvalue weighted by Crippen LogP contribution is -2.10. The van der Waals surface area contributed by atoms with Crippen LogP contribution in [0.5, 0.6) is 0 Å². The number of carbonyl (C=O) groups is 2. The van der Waals surface area contributed by atoms with Gasteiger partial charge in [0.1, 0.15) is 0 Å². The van der Waals surface area contributed by atoms with Gasteiger partial charge in [0.2, 0.25) is 0 Å². The zero-order valence-electron chi connectivity index (χ0n) is 4.05. The second kappa shape index (κ2) is 2.55. The molecular formula is C4H4O2S2. The molecule has 0 aromatic carbocycles. The molecule has 0 radical (unpaired) electrons. The second-order valence-corrected chi connectivity index (χ2v) is 3.39. The predicted octanol–water partition coefficient (Wildman–Crippen LogP) is 0.520. The summed E-state index contributed by atoms with van der Waals surface area (Å²) in [5, 5.41) is 0.240. The van der Waals surface area contributed by atoms with Gasteiger partial charge in [-0.15, -0.1) is 0 Å². The minimum Gasteiger partial charge on any atom is -0.286 e. The number of thioether (sulfide) groups is 2. The SMILES string of the molecule is O=C1CSC(=O)CS1. The Morgan fingerprint density at radius 3 is 1.62 bits per heavy atom. The summed E-state index contributed by atoms with van der Waals surface area (Å²) in [5.74, 6) is 0.729. The van der Waals surface area contributed by atoms with Gasteiger partial charge < -0.3 is 0 Å². The molecule has 2 nitrogen and oxygen atoms in total. The third kappa shape index (κ3) is 1.52. The Labute approximate surface area is 55.4 Å². The molecule has 0 saturated carbocycles. The number of rotatable bonds is 0. The topological polar surface area (TPSA) is 34.1 Å². The normalized spacial score (nSPS) is 21.5. The fourth-order valence-corrected chi connectivity index (χ4v) is 1.94. The summed E-state index contributed by atoms with van der Waals surface area (Å²) in [7, 11) is 0. The molecule has 0 aromatic rings. The second-order valence-electron chi connectivity index (χ2n) is 1.32. The molecule has 1 rings (SSSR count). The molecule has 1 saturated heterocycles. The van der Waals surface area contributed by atoms with E-state index in [-0.39, 0.29) is 10.2 Å². The van der Waals surface area contributed by atoms with Crippen molar-refractivity contribution in [2.24, 2.45) is 0 Å². The van der Waals surface area contributed by atoms with Crippen molar-refractivity contribution >= 4 is 33.8 Å². The van der Waals surface area contributed by atoms with Crippen molar-refractivity contribution in [2.45, 2.75) is 0 Å². The van der Waals surface area contributed by atoms with Gasteiger partial charge in [0.15, 0.2) is 10.2 Å². The van der Waals surface area contributed by atoms with Crippen LogP contribution in [-0.4, -0.2) is 21.7 Å². The van der Waals surface area contributed by atoms with Crippen LogP contribution in [0.2, 0.25) is 0 Å². The molecule has 44 valence electrons. The monoisotopic (exact) mass is 148 g/mol. The number of hydrogen-bond acceptors (Lipinski definition) is 4. The predicted molar refractivity (Wildman–Crippen MR) is 34.9 cm³/mol. The Balaban J connectivity index is 2.40. The largest absolute Gasteiger partial charge is 0.286 e. The first-order chi connectivity index (χ1) is 3.79. The molecule has 1 heterocycles. The van der Waals surface area contributed by atoms with E-state index in [9.17, 15) is 9.59 Å².